The Labute approximate surface area is 181 Å². The van der Waals surface area contributed by atoms with Gasteiger partial charge in [0.2, 0.25) is 15.9 Å². The molecule has 1 aliphatic rings. The Hall–Kier alpha value is -1.72. The summed E-state index contributed by atoms with van der Waals surface area (Å²) >= 11 is 8.98. The third kappa shape index (κ3) is 4.41. The lowest BCUT2D eigenvalue weighted by atomic mass is 10.3. The number of carbonyl (C=O) groups is 1. The maximum atomic E-state index is 12.7. The van der Waals surface area contributed by atoms with E-state index in [1.807, 2.05) is 11.4 Å². The molecule has 3 heterocycles. The molecule has 1 aliphatic heterocycles. The average molecular weight is 469 g/mol. The van der Waals surface area contributed by atoms with E-state index in [-0.39, 0.29) is 27.3 Å². The highest BCUT2D eigenvalue weighted by Crippen LogP contribution is 2.30. The number of carbonyl (C=O) groups excluding carboxylic acids is 1. The van der Waals surface area contributed by atoms with Crippen molar-refractivity contribution in [1.29, 1.82) is 0 Å². The van der Waals surface area contributed by atoms with Crippen LogP contribution >= 0.6 is 34.7 Å². The Balaban J connectivity index is 1.47. The van der Waals surface area contributed by atoms with Crippen LogP contribution in [0.15, 0.2) is 45.9 Å². The standard InChI is InChI=1S/C18H17ClN4O3S3/c19-14-4-3-12(29(25,26)23-6-1-2-7-23)9-15(14)22-16(24)10-28-18-13-5-8-27-17(13)20-11-21-18/h3-5,8-9,11H,1-2,6-7,10H2,(H,22,24). The molecule has 0 unspecified atom stereocenters. The molecule has 11 heteroatoms. The van der Waals surface area contributed by atoms with Gasteiger partial charge in [0.15, 0.2) is 0 Å². The summed E-state index contributed by atoms with van der Waals surface area (Å²) in [5.41, 5.74) is 0.279. The molecule has 0 spiro atoms. The zero-order valence-corrected chi connectivity index (χ0v) is 18.4. The largest absolute Gasteiger partial charge is 0.324 e. The van der Waals surface area contributed by atoms with Crippen LogP contribution in [0.25, 0.3) is 10.2 Å². The van der Waals surface area contributed by atoms with Crippen LogP contribution in [-0.4, -0.2) is 47.4 Å². The summed E-state index contributed by atoms with van der Waals surface area (Å²) in [5, 5.41) is 6.55. The number of anilines is 1. The number of hydrogen-bond donors (Lipinski definition) is 1. The van der Waals surface area contributed by atoms with Crippen molar-refractivity contribution in [2.24, 2.45) is 0 Å². The third-order valence-electron chi connectivity index (χ3n) is 4.48. The predicted molar refractivity (Wildman–Crippen MR) is 116 cm³/mol. The van der Waals surface area contributed by atoms with E-state index in [9.17, 15) is 13.2 Å². The monoisotopic (exact) mass is 468 g/mol. The Morgan fingerprint density at radius 1 is 1.24 bits per heavy atom. The lowest BCUT2D eigenvalue weighted by molar-refractivity contribution is -0.113. The van der Waals surface area contributed by atoms with E-state index in [0.29, 0.717) is 13.1 Å². The highest BCUT2D eigenvalue weighted by molar-refractivity contribution is 8.00. The lowest BCUT2D eigenvalue weighted by Crippen LogP contribution is -2.28. The summed E-state index contributed by atoms with van der Waals surface area (Å²) < 4.78 is 26.9. The summed E-state index contributed by atoms with van der Waals surface area (Å²) in [6.07, 6.45) is 3.19. The number of thioether (sulfide) groups is 1. The molecule has 1 aromatic carbocycles. The number of nitrogens with one attached hydrogen (secondary N) is 1. The van der Waals surface area contributed by atoms with E-state index < -0.39 is 10.0 Å². The first-order valence-electron chi connectivity index (χ1n) is 8.86. The van der Waals surface area contributed by atoms with Crippen molar-refractivity contribution >= 4 is 66.5 Å². The van der Waals surface area contributed by atoms with Crippen molar-refractivity contribution in [1.82, 2.24) is 14.3 Å². The second kappa shape index (κ2) is 8.57. The third-order valence-corrected chi connectivity index (χ3v) is 8.53. The molecule has 1 amide bonds. The molecule has 0 atom stereocenters. The lowest BCUT2D eigenvalue weighted by Gasteiger charge is -2.16. The van der Waals surface area contributed by atoms with E-state index in [1.54, 1.807) is 0 Å². The first-order valence-corrected chi connectivity index (χ1v) is 12.5. The minimum absolute atomic E-state index is 0.112. The van der Waals surface area contributed by atoms with Crippen molar-refractivity contribution in [3.63, 3.8) is 0 Å². The minimum atomic E-state index is -3.58. The van der Waals surface area contributed by atoms with Crippen LogP contribution < -0.4 is 5.32 Å². The number of nitrogens with zero attached hydrogens (tertiary/aromatic N) is 3. The number of benzene rings is 1. The highest BCUT2D eigenvalue weighted by Gasteiger charge is 2.27. The van der Waals surface area contributed by atoms with Crippen LogP contribution in [0.4, 0.5) is 5.69 Å². The number of fused-ring (bicyclic) bond motifs is 1. The van der Waals surface area contributed by atoms with Gasteiger partial charge in [-0.15, -0.1) is 11.3 Å². The Morgan fingerprint density at radius 2 is 2.03 bits per heavy atom. The molecule has 1 saturated heterocycles. The van der Waals surface area contributed by atoms with Crippen LogP contribution in [0.3, 0.4) is 0 Å². The molecule has 152 valence electrons. The van der Waals surface area contributed by atoms with Crippen LogP contribution in [0.5, 0.6) is 0 Å². The molecule has 4 rings (SSSR count). The fourth-order valence-electron chi connectivity index (χ4n) is 3.04. The fourth-order valence-corrected chi connectivity index (χ4v) is 6.33. The van der Waals surface area contributed by atoms with Gasteiger partial charge in [0.1, 0.15) is 16.2 Å². The maximum absolute atomic E-state index is 12.7. The molecule has 0 radical (unpaired) electrons. The van der Waals surface area contributed by atoms with Gasteiger partial charge in [0, 0.05) is 18.5 Å². The number of halogens is 1. The van der Waals surface area contributed by atoms with Gasteiger partial charge in [0.25, 0.3) is 0 Å². The number of aromatic nitrogens is 2. The second-order valence-electron chi connectivity index (χ2n) is 6.41. The van der Waals surface area contributed by atoms with Gasteiger partial charge in [-0.25, -0.2) is 18.4 Å². The zero-order chi connectivity index (χ0) is 20.4. The van der Waals surface area contributed by atoms with Gasteiger partial charge >= 0.3 is 0 Å². The van der Waals surface area contributed by atoms with E-state index in [1.165, 1.54) is 51.9 Å². The number of hydrogen-bond acceptors (Lipinski definition) is 7. The average Bonchev–Trinajstić information content (AvgIpc) is 3.40. The molecule has 3 aromatic rings. The number of amides is 1. The van der Waals surface area contributed by atoms with Crippen LogP contribution in [0, 0.1) is 0 Å². The van der Waals surface area contributed by atoms with E-state index in [2.05, 4.69) is 15.3 Å². The molecule has 2 aromatic heterocycles. The fraction of sp³-hybridized carbons (Fsp3) is 0.278. The summed E-state index contributed by atoms with van der Waals surface area (Å²) in [6.45, 7) is 1.03. The quantitative estimate of drug-likeness (QED) is 0.436. The maximum Gasteiger partial charge on any atom is 0.243 e. The second-order valence-corrected chi connectivity index (χ2v) is 10.6. The van der Waals surface area contributed by atoms with E-state index in [0.717, 1.165) is 28.1 Å². The Kier molecular flexibility index (Phi) is 6.07. The summed E-state index contributed by atoms with van der Waals surface area (Å²) in [4.78, 5) is 21.9. The molecule has 7 nitrogen and oxygen atoms in total. The molecule has 1 N–H and O–H groups in total. The SMILES string of the molecule is O=C(CSc1ncnc2sccc12)Nc1cc(S(=O)(=O)N2CCCC2)ccc1Cl. The topological polar surface area (TPSA) is 92.3 Å². The molecule has 29 heavy (non-hydrogen) atoms. The van der Waals surface area contributed by atoms with Crippen molar-refractivity contribution in [2.75, 3.05) is 24.2 Å². The predicted octanol–water partition coefficient (Wildman–Crippen LogP) is 3.86. The summed E-state index contributed by atoms with van der Waals surface area (Å²) in [5.74, 6) is -0.184. The van der Waals surface area contributed by atoms with E-state index >= 15 is 0 Å². The molecule has 0 aliphatic carbocycles. The first kappa shape index (κ1) is 20.5. The number of thiophene rings is 1. The summed E-state index contributed by atoms with van der Waals surface area (Å²) in [7, 11) is -3.58. The normalized spacial score (nSPS) is 15.1. The minimum Gasteiger partial charge on any atom is -0.324 e. The molecular weight excluding hydrogens is 452 g/mol. The van der Waals surface area contributed by atoms with Crippen molar-refractivity contribution in [2.45, 2.75) is 22.8 Å². The first-order chi connectivity index (χ1) is 13.9. The van der Waals surface area contributed by atoms with Gasteiger partial charge in [-0.3, -0.25) is 4.79 Å². The molecule has 0 saturated carbocycles. The van der Waals surface area contributed by atoms with Gasteiger partial charge < -0.3 is 5.32 Å². The van der Waals surface area contributed by atoms with Gasteiger partial charge in [0.05, 0.1) is 21.4 Å². The molecule has 0 bridgehead atoms. The number of sulfonamides is 1. The number of rotatable bonds is 6. The van der Waals surface area contributed by atoms with Crippen molar-refractivity contribution in [3.05, 3.63) is 41.0 Å². The highest BCUT2D eigenvalue weighted by atomic mass is 35.5. The van der Waals surface area contributed by atoms with Crippen LogP contribution in [0.1, 0.15) is 12.8 Å². The van der Waals surface area contributed by atoms with Crippen LogP contribution in [0.2, 0.25) is 5.02 Å². The summed E-state index contributed by atoms with van der Waals surface area (Å²) in [6, 6.07) is 6.30. The van der Waals surface area contributed by atoms with Gasteiger partial charge in [-0.2, -0.15) is 4.31 Å². The molecule has 1 fully saturated rings. The van der Waals surface area contributed by atoms with E-state index in [4.69, 9.17) is 11.6 Å². The molecular formula is C18H17ClN4O3S3. The Bertz CT molecular complexity index is 1160. The Morgan fingerprint density at radius 3 is 2.83 bits per heavy atom. The van der Waals surface area contributed by atoms with Gasteiger partial charge in [-0.1, -0.05) is 23.4 Å². The smallest absolute Gasteiger partial charge is 0.243 e. The van der Waals surface area contributed by atoms with Gasteiger partial charge in [-0.05, 0) is 42.5 Å². The van der Waals surface area contributed by atoms with Crippen molar-refractivity contribution in [3.8, 4) is 0 Å². The van der Waals surface area contributed by atoms with Crippen molar-refractivity contribution < 1.29 is 13.2 Å². The van der Waals surface area contributed by atoms with Crippen LogP contribution in [-0.2, 0) is 14.8 Å². The zero-order valence-electron chi connectivity index (χ0n) is 15.2.